The number of ether oxygens (including phenoxy) is 2. The van der Waals surface area contributed by atoms with Crippen molar-refractivity contribution < 1.29 is 14.3 Å². The van der Waals surface area contributed by atoms with Crippen molar-refractivity contribution in [3.05, 3.63) is 60.6 Å². The third-order valence-electron chi connectivity index (χ3n) is 5.23. The molecule has 0 spiro atoms. The monoisotopic (exact) mass is 421 g/mol. The van der Waals surface area contributed by atoms with E-state index < -0.39 is 0 Å². The quantitative estimate of drug-likeness (QED) is 0.606. The Labute approximate surface area is 181 Å². The van der Waals surface area contributed by atoms with Gasteiger partial charge in [-0.05, 0) is 51.8 Å². The number of carbonyl (C=O) groups excluding carboxylic acids is 1. The van der Waals surface area contributed by atoms with Crippen molar-refractivity contribution in [1.82, 2.24) is 24.9 Å². The fourth-order valence-corrected chi connectivity index (χ4v) is 3.75. The molecule has 0 bridgehead atoms. The Kier molecular flexibility index (Phi) is 6.16. The highest BCUT2D eigenvalue weighted by atomic mass is 16.5. The summed E-state index contributed by atoms with van der Waals surface area (Å²) >= 11 is 0. The summed E-state index contributed by atoms with van der Waals surface area (Å²) in [5, 5.41) is 8.37. The summed E-state index contributed by atoms with van der Waals surface area (Å²) in [6.07, 6.45) is 6.50. The number of likely N-dealkylation sites (tertiary alicyclic amines) is 1. The second-order valence-corrected chi connectivity index (χ2v) is 7.96. The lowest BCUT2D eigenvalue weighted by Crippen LogP contribution is -2.49. The van der Waals surface area contributed by atoms with Crippen LogP contribution in [-0.4, -0.2) is 55.6 Å². The largest absolute Gasteiger partial charge is 0.491 e. The number of aromatic nitrogens is 4. The molecule has 2 aromatic heterocycles. The maximum absolute atomic E-state index is 13.5. The van der Waals surface area contributed by atoms with Crippen molar-refractivity contribution in [2.45, 2.75) is 51.9 Å². The van der Waals surface area contributed by atoms with Gasteiger partial charge in [-0.3, -0.25) is 4.79 Å². The lowest BCUT2D eigenvalue weighted by atomic mass is 9.99. The second-order valence-electron chi connectivity index (χ2n) is 7.96. The van der Waals surface area contributed by atoms with Gasteiger partial charge < -0.3 is 14.4 Å². The number of amides is 1. The number of carbonyl (C=O) groups is 1. The van der Waals surface area contributed by atoms with Gasteiger partial charge in [0.1, 0.15) is 11.9 Å². The molecule has 0 aliphatic carbocycles. The predicted octanol–water partition coefficient (Wildman–Crippen LogP) is 3.52. The standard InChI is InChI=1S/C23H27N5O3/c1-16(2)30-18-10-11-24-22(14-18)31-19-9-8-17(3)27(15-19)23(29)20-6-4-5-7-21(20)28-25-12-13-26-28/h4-7,10-14,16-17,19H,8-9,15H2,1-3H3/t17-,19-/m1/s1. The Morgan fingerprint density at radius 3 is 2.65 bits per heavy atom. The zero-order valence-corrected chi connectivity index (χ0v) is 18.0. The number of nitrogens with zero attached hydrogens (tertiary/aromatic N) is 5. The highest BCUT2D eigenvalue weighted by molar-refractivity contribution is 5.98. The average molecular weight is 422 g/mol. The highest BCUT2D eigenvalue weighted by Gasteiger charge is 2.32. The van der Waals surface area contributed by atoms with Crippen LogP contribution in [0.3, 0.4) is 0 Å². The van der Waals surface area contributed by atoms with E-state index in [2.05, 4.69) is 22.1 Å². The van der Waals surface area contributed by atoms with Gasteiger partial charge in [0.15, 0.2) is 0 Å². The van der Waals surface area contributed by atoms with Gasteiger partial charge in [-0.1, -0.05) is 12.1 Å². The molecule has 31 heavy (non-hydrogen) atoms. The lowest BCUT2D eigenvalue weighted by Gasteiger charge is -2.38. The van der Waals surface area contributed by atoms with Gasteiger partial charge in [0.25, 0.3) is 5.91 Å². The van der Waals surface area contributed by atoms with E-state index in [1.54, 1.807) is 24.7 Å². The highest BCUT2D eigenvalue weighted by Crippen LogP contribution is 2.26. The minimum atomic E-state index is -0.142. The van der Waals surface area contributed by atoms with Gasteiger partial charge in [0.2, 0.25) is 5.88 Å². The van der Waals surface area contributed by atoms with Crippen LogP contribution >= 0.6 is 0 Å². The Hall–Kier alpha value is -3.42. The van der Waals surface area contributed by atoms with Crippen molar-refractivity contribution in [2.75, 3.05) is 6.54 Å². The number of benzene rings is 1. The molecular formula is C23H27N5O3. The van der Waals surface area contributed by atoms with E-state index in [0.29, 0.717) is 23.7 Å². The fraction of sp³-hybridized carbons (Fsp3) is 0.391. The Balaban J connectivity index is 1.51. The summed E-state index contributed by atoms with van der Waals surface area (Å²) in [7, 11) is 0. The summed E-state index contributed by atoms with van der Waals surface area (Å²) in [6, 6.07) is 11.1. The lowest BCUT2D eigenvalue weighted by molar-refractivity contribution is 0.0371. The number of pyridine rings is 1. The molecule has 3 aromatic rings. The molecule has 8 heteroatoms. The van der Waals surface area contributed by atoms with Crippen LogP contribution in [-0.2, 0) is 0 Å². The van der Waals surface area contributed by atoms with Crippen LogP contribution in [0, 0.1) is 0 Å². The Morgan fingerprint density at radius 1 is 1.10 bits per heavy atom. The van der Waals surface area contributed by atoms with Crippen LogP contribution in [0.1, 0.15) is 44.0 Å². The molecule has 162 valence electrons. The number of piperidine rings is 1. The molecule has 0 saturated carbocycles. The zero-order valence-electron chi connectivity index (χ0n) is 18.0. The number of hydrogen-bond acceptors (Lipinski definition) is 6. The second kappa shape index (κ2) is 9.16. The minimum absolute atomic E-state index is 0.0569. The SMILES string of the molecule is CC(C)Oc1ccnc(O[C@@H]2CC[C@@H](C)N(C(=O)c3ccccc3-n3nccn3)C2)c1. The molecule has 4 rings (SSSR count). The average Bonchev–Trinajstić information content (AvgIpc) is 3.29. The third-order valence-corrected chi connectivity index (χ3v) is 5.23. The number of para-hydroxylation sites is 1. The van der Waals surface area contributed by atoms with Crippen LogP contribution in [0.2, 0.25) is 0 Å². The molecule has 1 amide bonds. The maximum atomic E-state index is 13.5. The molecule has 0 N–H and O–H groups in total. The third kappa shape index (κ3) is 4.84. The molecule has 8 nitrogen and oxygen atoms in total. The topological polar surface area (TPSA) is 82.4 Å². The van der Waals surface area contributed by atoms with E-state index in [0.717, 1.165) is 18.6 Å². The van der Waals surface area contributed by atoms with Crippen molar-refractivity contribution in [1.29, 1.82) is 0 Å². The van der Waals surface area contributed by atoms with Crippen molar-refractivity contribution in [3.63, 3.8) is 0 Å². The Bertz CT molecular complexity index is 1020. The molecular weight excluding hydrogens is 394 g/mol. The fourth-order valence-electron chi connectivity index (χ4n) is 3.75. The molecule has 0 radical (unpaired) electrons. The summed E-state index contributed by atoms with van der Waals surface area (Å²) in [5.41, 5.74) is 1.23. The van der Waals surface area contributed by atoms with Gasteiger partial charge in [-0.25, -0.2) is 4.98 Å². The molecule has 1 fully saturated rings. The smallest absolute Gasteiger partial charge is 0.256 e. The summed E-state index contributed by atoms with van der Waals surface area (Å²) < 4.78 is 11.9. The number of hydrogen-bond donors (Lipinski definition) is 0. The van der Waals surface area contributed by atoms with E-state index in [-0.39, 0.29) is 24.2 Å². The molecule has 1 aliphatic rings. The van der Waals surface area contributed by atoms with Crippen LogP contribution in [0.5, 0.6) is 11.6 Å². The molecule has 1 aliphatic heterocycles. The van der Waals surface area contributed by atoms with Crippen LogP contribution < -0.4 is 9.47 Å². The first kappa shape index (κ1) is 20.8. The van der Waals surface area contributed by atoms with Gasteiger partial charge >= 0.3 is 0 Å². The van der Waals surface area contributed by atoms with E-state index in [9.17, 15) is 4.79 Å². The van der Waals surface area contributed by atoms with E-state index in [4.69, 9.17) is 9.47 Å². The maximum Gasteiger partial charge on any atom is 0.256 e. The van der Waals surface area contributed by atoms with Crippen molar-refractivity contribution in [2.24, 2.45) is 0 Å². The zero-order chi connectivity index (χ0) is 21.8. The minimum Gasteiger partial charge on any atom is -0.491 e. The van der Waals surface area contributed by atoms with Crippen LogP contribution in [0.25, 0.3) is 5.69 Å². The molecule has 2 atom stereocenters. The molecule has 3 heterocycles. The van der Waals surface area contributed by atoms with Crippen molar-refractivity contribution >= 4 is 5.91 Å². The molecule has 0 unspecified atom stereocenters. The van der Waals surface area contributed by atoms with Gasteiger partial charge in [-0.15, -0.1) is 0 Å². The Morgan fingerprint density at radius 2 is 1.87 bits per heavy atom. The molecule has 1 aromatic carbocycles. The summed E-state index contributed by atoms with van der Waals surface area (Å²) in [6.45, 7) is 6.50. The first-order valence-electron chi connectivity index (χ1n) is 10.6. The van der Waals surface area contributed by atoms with Gasteiger partial charge in [-0.2, -0.15) is 15.0 Å². The summed E-state index contributed by atoms with van der Waals surface area (Å²) in [5.74, 6) is 1.17. The van der Waals surface area contributed by atoms with Gasteiger partial charge in [0.05, 0.1) is 36.3 Å². The van der Waals surface area contributed by atoms with E-state index in [1.807, 2.05) is 49.1 Å². The first-order chi connectivity index (χ1) is 15.0. The first-order valence-corrected chi connectivity index (χ1v) is 10.6. The molecule has 1 saturated heterocycles. The van der Waals surface area contributed by atoms with Crippen molar-refractivity contribution in [3.8, 4) is 17.3 Å². The predicted molar refractivity (Wildman–Crippen MR) is 116 cm³/mol. The van der Waals surface area contributed by atoms with Crippen LogP contribution in [0.4, 0.5) is 0 Å². The van der Waals surface area contributed by atoms with Gasteiger partial charge in [0, 0.05) is 18.3 Å². The number of rotatable bonds is 6. The van der Waals surface area contributed by atoms with Crippen LogP contribution in [0.15, 0.2) is 55.0 Å². The van der Waals surface area contributed by atoms with E-state index >= 15 is 0 Å². The van der Waals surface area contributed by atoms with E-state index in [1.165, 1.54) is 4.80 Å². The summed E-state index contributed by atoms with van der Waals surface area (Å²) in [4.78, 5) is 21.1. The normalized spacial score (nSPS) is 18.8.